The van der Waals surface area contributed by atoms with Gasteiger partial charge in [0.15, 0.2) is 11.6 Å². The molecule has 0 unspecified atom stereocenters. The van der Waals surface area contributed by atoms with Crippen LogP contribution < -0.4 is 0 Å². The molecule has 0 bridgehead atoms. The van der Waals surface area contributed by atoms with Crippen LogP contribution in [0, 0.1) is 13.8 Å². The molecule has 2 aromatic rings. The highest BCUT2D eigenvalue weighted by Crippen LogP contribution is 2.11. The van der Waals surface area contributed by atoms with Crippen LogP contribution in [0.5, 0.6) is 0 Å². The van der Waals surface area contributed by atoms with E-state index >= 15 is 0 Å². The summed E-state index contributed by atoms with van der Waals surface area (Å²) in [5.74, 6) is -0.331. The first-order valence-electron chi connectivity index (χ1n) is 4.94. The number of rotatable bonds is 2. The molecule has 0 atom stereocenters. The highest BCUT2D eigenvalue weighted by molar-refractivity contribution is 5.88. The Morgan fingerprint density at radius 1 is 1.06 bits per heavy atom. The van der Waals surface area contributed by atoms with E-state index in [0.29, 0.717) is 17.3 Å². The Bertz CT molecular complexity index is 566. The SMILES string of the molecule is Cc1cnc(-c2ncc(C(=O)O)c(C)n2)nc1. The van der Waals surface area contributed by atoms with Gasteiger partial charge in [-0.15, -0.1) is 0 Å². The van der Waals surface area contributed by atoms with Crippen LogP contribution in [0.1, 0.15) is 21.6 Å². The van der Waals surface area contributed by atoms with Crippen LogP contribution in [0.4, 0.5) is 0 Å². The fourth-order valence-corrected chi connectivity index (χ4v) is 1.29. The van der Waals surface area contributed by atoms with Crippen LogP contribution in [0.3, 0.4) is 0 Å². The maximum absolute atomic E-state index is 10.8. The molecule has 0 radical (unpaired) electrons. The van der Waals surface area contributed by atoms with Crippen LogP contribution in [-0.2, 0) is 0 Å². The maximum atomic E-state index is 10.8. The fourth-order valence-electron chi connectivity index (χ4n) is 1.29. The van der Waals surface area contributed by atoms with Gasteiger partial charge in [-0.25, -0.2) is 24.7 Å². The molecule has 86 valence electrons. The summed E-state index contributed by atoms with van der Waals surface area (Å²) in [6.45, 7) is 3.49. The predicted molar refractivity (Wildman–Crippen MR) is 59.5 cm³/mol. The van der Waals surface area contributed by atoms with E-state index in [-0.39, 0.29) is 5.56 Å². The molecule has 1 N–H and O–H groups in total. The van der Waals surface area contributed by atoms with Gasteiger partial charge in [0.05, 0.1) is 11.3 Å². The van der Waals surface area contributed by atoms with E-state index in [4.69, 9.17) is 5.11 Å². The van der Waals surface area contributed by atoms with E-state index in [2.05, 4.69) is 19.9 Å². The van der Waals surface area contributed by atoms with Crippen molar-refractivity contribution in [2.75, 3.05) is 0 Å². The van der Waals surface area contributed by atoms with Crippen molar-refractivity contribution in [1.29, 1.82) is 0 Å². The van der Waals surface area contributed by atoms with Gasteiger partial charge in [-0.2, -0.15) is 0 Å². The minimum atomic E-state index is -1.04. The number of aromatic carboxylic acids is 1. The molecule has 0 saturated heterocycles. The third kappa shape index (κ3) is 2.25. The molecule has 0 amide bonds. The van der Waals surface area contributed by atoms with Crippen LogP contribution in [0.15, 0.2) is 18.6 Å². The van der Waals surface area contributed by atoms with Crippen molar-refractivity contribution in [2.24, 2.45) is 0 Å². The second kappa shape index (κ2) is 4.25. The summed E-state index contributed by atoms with van der Waals surface area (Å²) < 4.78 is 0. The molecule has 6 heteroatoms. The van der Waals surface area contributed by atoms with Gasteiger partial charge in [0.25, 0.3) is 0 Å². The molecule has 0 aliphatic heterocycles. The lowest BCUT2D eigenvalue weighted by Gasteiger charge is -2.02. The van der Waals surface area contributed by atoms with Crippen molar-refractivity contribution in [3.05, 3.63) is 35.4 Å². The molecular weight excluding hydrogens is 220 g/mol. The Labute approximate surface area is 97.4 Å². The molecule has 2 aromatic heterocycles. The van der Waals surface area contributed by atoms with E-state index in [1.165, 1.54) is 6.20 Å². The second-order valence-corrected chi connectivity index (χ2v) is 3.58. The van der Waals surface area contributed by atoms with E-state index < -0.39 is 5.97 Å². The largest absolute Gasteiger partial charge is 0.478 e. The number of aryl methyl sites for hydroxylation is 2. The van der Waals surface area contributed by atoms with E-state index in [1.807, 2.05) is 6.92 Å². The Hall–Kier alpha value is -2.37. The Kier molecular flexibility index (Phi) is 2.78. The summed E-state index contributed by atoms with van der Waals surface area (Å²) in [4.78, 5) is 27.0. The smallest absolute Gasteiger partial charge is 0.339 e. The Morgan fingerprint density at radius 2 is 1.65 bits per heavy atom. The highest BCUT2D eigenvalue weighted by atomic mass is 16.4. The van der Waals surface area contributed by atoms with Gasteiger partial charge in [-0.05, 0) is 19.4 Å². The zero-order chi connectivity index (χ0) is 12.4. The standard InChI is InChI=1S/C11H10N4O2/c1-6-3-12-9(13-4-6)10-14-5-8(11(16)17)7(2)15-10/h3-5H,1-2H3,(H,16,17). The van der Waals surface area contributed by atoms with Crippen molar-refractivity contribution >= 4 is 5.97 Å². The van der Waals surface area contributed by atoms with Crippen molar-refractivity contribution in [2.45, 2.75) is 13.8 Å². The first-order chi connectivity index (χ1) is 8.08. The number of aromatic nitrogens is 4. The van der Waals surface area contributed by atoms with E-state index in [1.54, 1.807) is 19.3 Å². The quantitative estimate of drug-likeness (QED) is 0.835. The number of hydrogen-bond donors (Lipinski definition) is 1. The monoisotopic (exact) mass is 230 g/mol. The minimum absolute atomic E-state index is 0.0841. The summed E-state index contributed by atoms with van der Waals surface area (Å²) in [6.07, 6.45) is 4.58. The average Bonchev–Trinajstić information content (AvgIpc) is 2.29. The fraction of sp³-hybridized carbons (Fsp3) is 0.182. The van der Waals surface area contributed by atoms with Gasteiger partial charge in [-0.3, -0.25) is 0 Å². The van der Waals surface area contributed by atoms with E-state index in [0.717, 1.165) is 5.56 Å². The molecule has 0 saturated carbocycles. The van der Waals surface area contributed by atoms with Gasteiger partial charge in [0.2, 0.25) is 0 Å². The molecule has 0 aromatic carbocycles. The third-order valence-electron chi connectivity index (χ3n) is 2.19. The summed E-state index contributed by atoms with van der Waals surface area (Å²) >= 11 is 0. The number of nitrogens with zero attached hydrogens (tertiary/aromatic N) is 4. The Morgan fingerprint density at radius 3 is 2.18 bits per heavy atom. The molecule has 2 heterocycles. The topological polar surface area (TPSA) is 88.9 Å². The van der Waals surface area contributed by atoms with Crippen molar-refractivity contribution < 1.29 is 9.90 Å². The Balaban J connectivity index is 2.44. The zero-order valence-corrected chi connectivity index (χ0v) is 9.38. The molecule has 0 spiro atoms. The summed E-state index contributed by atoms with van der Waals surface area (Å²) in [5.41, 5.74) is 1.42. The van der Waals surface area contributed by atoms with Crippen LogP contribution >= 0.6 is 0 Å². The lowest BCUT2D eigenvalue weighted by molar-refractivity contribution is 0.0695. The molecule has 6 nitrogen and oxygen atoms in total. The first kappa shape index (κ1) is 11.1. The molecule has 17 heavy (non-hydrogen) atoms. The minimum Gasteiger partial charge on any atom is -0.478 e. The number of carboxylic acids is 1. The summed E-state index contributed by atoms with van der Waals surface area (Å²) in [6, 6.07) is 0. The van der Waals surface area contributed by atoms with Crippen molar-refractivity contribution in [3.8, 4) is 11.6 Å². The predicted octanol–water partition coefficient (Wildman–Crippen LogP) is 1.25. The molecule has 0 aliphatic rings. The van der Waals surface area contributed by atoms with Gasteiger partial charge in [0, 0.05) is 18.6 Å². The van der Waals surface area contributed by atoms with Crippen LogP contribution in [0.2, 0.25) is 0 Å². The van der Waals surface area contributed by atoms with Crippen LogP contribution in [-0.4, -0.2) is 31.0 Å². The molecule has 0 fully saturated rings. The second-order valence-electron chi connectivity index (χ2n) is 3.58. The van der Waals surface area contributed by atoms with E-state index in [9.17, 15) is 4.79 Å². The van der Waals surface area contributed by atoms with Crippen molar-refractivity contribution in [1.82, 2.24) is 19.9 Å². The first-order valence-corrected chi connectivity index (χ1v) is 4.94. The third-order valence-corrected chi connectivity index (χ3v) is 2.19. The average molecular weight is 230 g/mol. The van der Waals surface area contributed by atoms with Gasteiger partial charge in [0.1, 0.15) is 0 Å². The number of hydrogen-bond acceptors (Lipinski definition) is 5. The van der Waals surface area contributed by atoms with Crippen molar-refractivity contribution in [3.63, 3.8) is 0 Å². The summed E-state index contributed by atoms with van der Waals surface area (Å²) in [5, 5.41) is 8.85. The van der Waals surface area contributed by atoms with Crippen LogP contribution in [0.25, 0.3) is 11.6 Å². The van der Waals surface area contributed by atoms with Gasteiger partial charge in [-0.1, -0.05) is 0 Å². The highest BCUT2D eigenvalue weighted by Gasteiger charge is 2.12. The summed E-state index contributed by atoms with van der Waals surface area (Å²) in [7, 11) is 0. The zero-order valence-electron chi connectivity index (χ0n) is 9.38. The lowest BCUT2D eigenvalue weighted by Crippen LogP contribution is -2.05. The maximum Gasteiger partial charge on any atom is 0.339 e. The molecule has 2 rings (SSSR count). The van der Waals surface area contributed by atoms with Gasteiger partial charge >= 0.3 is 5.97 Å². The normalized spacial score (nSPS) is 10.2. The van der Waals surface area contributed by atoms with Gasteiger partial charge < -0.3 is 5.11 Å². The molecular formula is C11H10N4O2. The molecule has 0 aliphatic carbocycles. The lowest BCUT2D eigenvalue weighted by atomic mass is 10.2. The number of carboxylic acid groups (broad SMARTS) is 1. The number of carbonyl (C=O) groups is 1.